The van der Waals surface area contributed by atoms with Gasteiger partial charge in [0.2, 0.25) is 5.91 Å². The molecule has 5 rings (SSSR count). The third-order valence-electron chi connectivity index (χ3n) is 8.44. The molecule has 1 aromatic heterocycles. The summed E-state index contributed by atoms with van der Waals surface area (Å²) in [5.41, 5.74) is -1.83. The van der Waals surface area contributed by atoms with Crippen LogP contribution in [0.4, 0.5) is 22.0 Å². The van der Waals surface area contributed by atoms with Crippen molar-refractivity contribution < 1.29 is 41.4 Å². The summed E-state index contributed by atoms with van der Waals surface area (Å²) < 4.78 is 79.4. The number of rotatable bonds is 10. The maximum absolute atomic E-state index is 16.0. The van der Waals surface area contributed by atoms with E-state index in [1.54, 1.807) is 26.0 Å². The highest BCUT2D eigenvalue weighted by molar-refractivity contribution is 9.10. The Morgan fingerprint density at radius 3 is 2.37 bits per heavy atom. The number of pyridine rings is 1. The minimum atomic E-state index is -4.86. The zero-order valence-corrected chi connectivity index (χ0v) is 28.2. The van der Waals surface area contributed by atoms with Gasteiger partial charge in [0.05, 0.1) is 24.6 Å². The van der Waals surface area contributed by atoms with Gasteiger partial charge in [-0.15, -0.1) is 0 Å². The summed E-state index contributed by atoms with van der Waals surface area (Å²) in [5.74, 6) is -4.46. The first-order valence-corrected chi connectivity index (χ1v) is 16.2. The Bertz CT molecular complexity index is 1950. The highest BCUT2D eigenvalue weighted by atomic mass is 79.9. The molecule has 3 aromatic carbocycles. The van der Waals surface area contributed by atoms with E-state index in [4.69, 9.17) is 4.74 Å². The molecule has 2 N–H and O–H groups in total. The molecule has 1 aliphatic carbocycles. The van der Waals surface area contributed by atoms with Gasteiger partial charge in [-0.05, 0) is 92.6 Å². The summed E-state index contributed by atoms with van der Waals surface area (Å²) in [4.78, 5) is 41.0. The summed E-state index contributed by atoms with van der Waals surface area (Å²) in [6, 6.07) is 8.75. The summed E-state index contributed by atoms with van der Waals surface area (Å²) in [7, 11) is 0. The molecule has 1 aliphatic rings. The molecule has 0 bridgehead atoms. The number of halogens is 6. The number of aromatic hydroxyl groups is 1. The number of phenols is 1. The quantitative estimate of drug-likeness (QED) is 0.126. The van der Waals surface area contributed by atoms with Crippen molar-refractivity contribution in [2.75, 3.05) is 6.61 Å². The van der Waals surface area contributed by atoms with Crippen molar-refractivity contribution in [1.29, 1.82) is 0 Å². The predicted molar refractivity (Wildman–Crippen MR) is 175 cm³/mol. The smallest absolute Gasteiger partial charge is 0.416 e. The van der Waals surface area contributed by atoms with Crippen LogP contribution < -0.4 is 10.9 Å². The molecule has 13 heteroatoms. The Hall–Kier alpha value is -4.52. The van der Waals surface area contributed by atoms with Crippen LogP contribution in [0.5, 0.6) is 5.75 Å². The summed E-state index contributed by atoms with van der Waals surface area (Å²) in [6.07, 6.45) is -4.01. The maximum Gasteiger partial charge on any atom is 0.416 e. The van der Waals surface area contributed by atoms with Gasteiger partial charge >= 0.3 is 12.1 Å². The van der Waals surface area contributed by atoms with Crippen molar-refractivity contribution >= 4 is 27.8 Å². The van der Waals surface area contributed by atoms with E-state index in [0.717, 1.165) is 16.8 Å². The van der Waals surface area contributed by atoms with E-state index in [1.165, 1.54) is 37.3 Å². The molecule has 1 unspecified atom stereocenters. The summed E-state index contributed by atoms with van der Waals surface area (Å²) in [6.45, 7) is 4.72. The largest absolute Gasteiger partial charge is 0.507 e. The second-order valence-electron chi connectivity index (χ2n) is 11.9. The number of carbonyl (C=O) groups excluding carboxylic acids is 2. The highest BCUT2D eigenvalue weighted by Gasteiger charge is 2.42. The molecule has 0 aliphatic heterocycles. The molecule has 0 saturated heterocycles. The zero-order valence-electron chi connectivity index (χ0n) is 26.6. The lowest BCUT2D eigenvalue weighted by Gasteiger charge is -2.27. The van der Waals surface area contributed by atoms with Gasteiger partial charge in [0, 0.05) is 32.9 Å². The molecule has 1 amide bonds. The minimum Gasteiger partial charge on any atom is -0.507 e. The fourth-order valence-electron chi connectivity index (χ4n) is 6.05. The van der Waals surface area contributed by atoms with Crippen LogP contribution in [0.2, 0.25) is 0 Å². The van der Waals surface area contributed by atoms with Crippen LogP contribution in [0.15, 0.2) is 70.1 Å². The number of carbonyl (C=O) groups is 2. The zero-order chi connectivity index (χ0) is 35.8. The second kappa shape index (κ2) is 14.1. The van der Waals surface area contributed by atoms with Crippen molar-refractivity contribution in [3.63, 3.8) is 0 Å². The molecule has 258 valence electrons. The first-order chi connectivity index (χ1) is 23.1. The van der Waals surface area contributed by atoms with Crippen LogP contribution in [0.3, 0.4) is 0 Å². The Kier molecular flexibility index (Phi) is 10.3. The topological polar surface area (TPSA) is 97.6 Å². The Morgan fingerprint density at radius 2 is 1.76 bits per heavy atom. The third-order valence-corrected chi connectivity index (χ3v) is 9.13. The normalized spacial score (nSPS) is 14.3. The lowest BCUT2D eigenvalue weighted by molar-refractivity contribution is -0.144. The van der Waals surface area contributed by atoms with Gasteiger partial charge < -0.3 is 15.2 Å². The molecule has 1 fully saturated rings. The molecule has 49 heavy (non-hydrogen) atoms. The van der Waals surface area contributed by atoms with Crippen molar-refractivity contribution in [2.45, 2.75) is 64.2 Å². The van der Waals surface area contributed by atoms with Crippen LogP contribution in [0.1, 0.15) is 77.6 Å². The molecule has 7 nitrogen and oxygen atoms in total. The molecule has 2 atom stereocenters. The first kappa shape index (κ1) is 35.8. The second-order valence-corrected chi connectivity index (χ2v) is 12.8. The van der Waals surface area contributed by atoms with E-state index in [1.807, 2.05) is 0 Å². The average molecular weight is 748 g/mol. The van der Waals surface area contributed by atoms with Gasteiger partial charge in [-0.2, -0.15) is 13.2 Å². The van der Waals surface area contributed by atoms with Crippen molar-refractivity contribution in [2.24, 2.45) is 0 Å². The standard InChI is InChI=1S/C36H32BrF5N2O5/c1-4-49-28(46)17-26(22-16-21(15-19(3)32(22)39)29-18(2)7-5-10-27(29)45)43-34(47)33(31-24(37)8-6-9-25(31)38)44-14-13-23(36(40,41)42)30(35(44)48)20-11-12-20/h5-10,13-16,20,26,33,45H,4,11-12,17H2,1-3H3,(H,43,47)/t26-,33?/m0/s1. The lowest BCUT2D eigenvalue weighted by atomic mass is 9.92. The van der Waals surface area contributed by atoms with Crippen LogP contribution in [-0.4, -0.2) is 28.2 Å². The van der Waals surface area contributed by atoms with Crippen molar-refractivity contribution in [3.8, 4) is 16.9 Å². The molecule has 0 radical (unpaired) electrons. The van der Waals surface area contributed by atoms with Crippen molar-refractivity contribution in [1.82, 2.24) is 9.88 Å². The molecule has 0 spiro atoms. The van der Waals surface area contributed by atoms with E-state index >= 15 is 8.78 Å². The van der Waals surface area contributed by atoms with E-state index in [2.05, 4.69) is 21.2 Å². The van der Waals surface area contributed by atoms with E-state index in [9.17, 15) is 32.7 Å². The van der Waals surface area contributed by atoms with E-state index in [0.29, 0.717) is 35.6 Å². The van der Waals surface area contributed by atoms with E-state index in [-0.39, 0.29) is 33.5 Å². The summed E-state index contributed by atoms with van der Waals surface area (Å²) in [5, 5.41) is 13.2. The number of phenolic OH excluding ortho intramolecular Hbond substituents is 1. The fourth-order valence-corrected chi connectivity index (χ4v) is 6.61. The number of esters is 1. The Morgan fingerprint density at radius 1 is 1.06 bits per heavy atom. The predicted octanol–water partition coefficient (Wildman–Crippen LogP) is 8.17. The van der Waals surface area contributed by atoms with Gasteiger partial charge in [-0.25, -0.2) is 8.78 Å². The van der Waals surface area contributed by atoms with Gasteiger partial charge in [0.25, 0.3) is 5.56 Å². The van der Waals surface area contributed by atoms with E-state index < -0.39 is 70.8 Å². The first-order valence-electron chi connectivity index (χ1n) is 15.4. The number of amides is 1. The number of aromatic nitrogens is 1. The monoisotopic (exact) mass is 746 g/mol. The van der Waals surface area contributed by atoms with Crippen LogP contribution in [-0.2, 0) is 20.5 Å². The molecular formula is C36H32BrF5N2O5. The lowest BCUT2D eigenvalue weighted by Crippen LogP contribution is -2.42. The highest BCUT2D eigenvalue weighted by Crippen LogP contribution is 2.45. The average Bonchev–Trinajstić information content (AvgIpc) is 3.85. The SMILES string of the molecule is CCOC(=O)C[C@H](NC(=O)C(c1c(F)cccc1Br)n1ccc(C(F)(F)F)c(C2CC2)c1=O)c1cc(-c2c(C)cccc2O)cc(C)c1F. The number of nitrogens with one attached hydrogen (secondary N) is 1. The molecule has 1 heterocycles. The minimum absolute atomic E-state index is 0.0339. The van der Waals surface area contributed by atoms with Gasteiger partial charge in [0.15, 0.2) is 0 Å². The maximum atomic E-state index is 16.0. The van der Waals surface area contributed by atoms with Gasteiger partial charge in [0.1, 0.15) is 23.4 Å². The number of benzene rings is 3. The number of hydrogen-bond acceptors (Lipinski definition) is 5. The molecular weight excluding hydrogens is 715 g/mol. The molecule has 4 aromatic rings. The van der Waals surface area contributed by atoms with Crippen molar-refractivity contribution in [3.05, 3.63) is 121 Å². The van der Waals surface area contributed by atoms with Gasteiger partial charge in [-0.3, -0.25) is 19.0 Å². The number of nitrogens with zero attached hydrogens (tertiary/aromatic N) is 1. The number of aryl methyl sites for hydroxylation is 2. The summed E-state index contributed by atoms with van der Waals surface area (Å²) >= 11 is 3.21. The third kappa shape index (κ3) is 7.41. The van der Waals surface area contributed by atoms with Crippen LogP contribution in [0, 0.1) is 25.5 Å². The Balaban J connectivity index is 1.69. The Labute approximate surface area is 286 Å². The number of ether oxygens (including phenoxy) is 1. The number of alkyl halides is 3. The van der Waals surface area contributed by atoms with Gasteiger partial charge in [-0.1, -0.05) is 34.1 Å². The molecule has 1 saturated carbocycles. The fraction of sp³-hybridized carbons (Fsp3) is 0.306. The van der Waals surface area contributed by atoms with Crippen LogP contribution >= 0.6 is 15.9 Å². The number of hydrogen-bond donors (Lipinski definition) is 2. The van der Waals surface area contributed by atoms with Crippen LogP contribution in [0.25, 0.3) is 11.1 Å².